The highest BCUT2D eigenvalue weighted by Crippen LogP contribution is 2.28. The molecule has 1 N–H and O–H groups in total. The van der Waals surface area contributed by atoms with Crippen LogP contribution in [0.3, 0.4) is 0 Å². The minimum atomic E-state index is 0.0310. The molecule has 0 radical (unpaired) electrons. The summed E-state index contributed by atoms with van der Waals surface area (Å²) in [5.74, 6) is 1.48. The van der Waals surface area contributed by atoms with Gasteiger partial charge < -0.3 is 15.0 Å². The summed E-state index contributed by atoms with van der Waals surface area (Å²) in [7, 11) is 1.66. The van der Waals surface area contributed by atoms with Crippen molar-refractivity contribution >= 4 is 5.91 Å². The molecule has 3 heterocycles. The Bertz CT molecular complexity index is 766. The number of amides is 1. The van der Waals surface area contributed by atoms with Crippen LogP contribution >= 0.6 is 0 Å². The molecule has 0 spiro atoms. The van der Waals surface area contributed by atoms with Crippen molar-refractivity contribution in [3.05, 3.63) is 54.1 Å². The number of hydrogen-bond acceptors (Lipinski definition) is 3. The fraction of sp³-hybridized carbons (Fsp3) is 0.381. The van der Waals surface area contributed by atoms with Crippen LogP contribution in [0.5, 0.6) is 5.75 Å². The Morgan fingerprint density at radius 3 is 2.48 bits per heavy atom. The zero-order chi connectivity index (χ0) is 17.2. The van der Waals surface area contributed by atoms with Crippen molar-refractivity contribution < 1.29 is 9.53 Å². The maximum Gasteiger partial charge on any atom is 0.251 e. The van der Waals surface area contributed by atoms with Crippen molar-refractivity contribution in [3.63, 3.8) is 0 Å². The van der Waals surface area contributed by atoms with E-state index >= 15 is 0 Å². The van der Waals surface area contributed by atoms with Gasteiger partial charge in [-0.25, -0.2) is 0 Å². The smallest absolute Gasteiger partial charge is 0.251 e. The Balaban J connectivity index is 1.51. The van der Waals surface area contributed by atoms with Gasteiger partial charge in [0, 0.05) is 18.2 Å². The number of carbonyl (C=O) groups is 1. The summed E-state index contributed by atoms with van der Waals surface area (Å²) in [5.41, 5.74) is 2.80. The summed E-state index contributed by atoms with van der Waals surface area (Å²) in [5, 5.41) is 3.26. The summed E-state index contributed by atoms with van der Waals surface area (Å²) in [6.07, 6.45) is 2.41. The van der Waals surface area contributed by atoms with Gasteiger partial charge in [-0.1, -0.05) is 24.3 Å². The van der Waals surface area contributed by atoms with Gasteiger partial charge in [0.15, 0.2) is 0 Å². The molecule has 4 nitrogen and oxygen atoms in total. The molecule has 25 heavy (non-hydrogen) atoms. The highest BCUT2D eigenvalue weighted by atomic mass is 16.5. The Kier molecular flexibility index (Phi) is 4.45. The maximum atomic E-state index is 12.7. The lowest BCUT2D eigenvalue weighted by Crippen LogP contribution is -2.57. The van der Waals surface area contributed by atoms with Gasteiger partial charge in [0.25, 0.3) is 5.91 Å². The first kappa shape index (κ1) is 16.2. The molecular weight excluding hydrogens is 312 g/mol. The molecule has 2 aromatic carbocycles. The van der Waals surface area contributed by atoms with Crippen LogP contribution in [0.15, 0.2) is 48.5 Å². The van der Waals surface area contributed by atoms with E-state index in [9.17, 15) is 4.79 Å². The molecule has 0 unspecified atom stereocenters. The molecule has 130 valence electrons. The zero-order valence-electron chi connectivity index (χ0n) is 14.6. The fourth-order valence-corrected chi connectivity index (χ4v) is 4.02. The van der Waals surface area contributed by atoms with E-state index in [2.05, 4.69) is 10.2 Å². The molecule has 1 atom stereocenters. The third-order valence-corrected chi connectivity index (χ3v) is 5.50. The predicted molar refractivity (Wildman–Crippen MR) is 98.8 cm³/mol. The quantitative estimate of drug-likeness (QED) is 0.932. The number of methoxy groups -OCH3 is 1. The van der Waals surface area contributed by atoms with Crippen LogP contribution in [0.4, 0.5) is 0 Å². The van der Waals surface area contributed by atoms with Crippen LogP contribution in [0.25, 0.3) is 11.1 Å². The number of fused-ring (bicyclic) bond motifs is 3. The van der Waals surface area contributed by atoms with Crippen molar-refractivity contribution in [3.8, 4) is 16.9 Å². The first-order valence-corrected chi connectivity index (χ1v) is 9.00. The lowest BCUT2D eigenvalue weighted by molar-refractivity contribution is 0.0620. The summed E-state index contributed by atoms with van der Waals surface area (Å²) in [6, 6.07) is 16.0. The first-order valence-electron chi connectivity index (χ1n) is 9.00. The Labute approximate surface area is 148 Å². The standard InChI is InChI=1S/C21H24N2O2/c1-25-19-7-3-5-17(13-19)16-4-2-6-18(12-16)21(24)22-20-14-23-10-8-15(20)9-11-23/h2-7,12-13,15,20H,8-11,14H2,1H3,(H,22,24)/t20-/m0/s1. The fourth-order valence-electron chi connectivity index (χ4n) is 4.02. The molecule has 0 saturated carbocycles. The van der Waals surface area contributed by atoms with Gasteiger partial charge in [-0.2, -0.15) is 0 Å². The van der Waals surface area contributed by atoms with Crippen LogP contribution in [0, 0.1) is 5.92 Å². The van der Waals surface area contributed by atoms with Crippen LogP contribution in [-0.4, -0.2) is 43.6 Å². The predicted octanol–water partition coefficient (Wildman–Crippen LogP) is 3.19. The zero-order valence-corrected chi connectivity index (χ0v) is 14.6. The number of rotatable bonds is 4. The summed E-state index contributed by atoms with van der Waals surface area (Å²) in [6.45, 7) is 3.36. The topological polar surface area (TPSA) is 41.6 Å². The molecule has 0 aromatic heterocycles. The Morgan fingerprint density at radius 1 is 1.08 bits per heavy atom. The second kappa shape index (κ2) is 6.89. The summed E-state index contributed by atoms with van der Waals surface area (Å²) >= 11 is 0. The van der Waals surface area contributed by atoms with Crippen molar-refractivity contribution in [2.75, 3.05) is 26.7 Å². The number of piperidine rings is 3. The van der Waals surface area contributed by atoms with Gasteiger partial charge in [-0.05, 0) is 67.2 Å². The van der Waals surface area contributed by atoms with E-state index in [4.69, 9.17) is 4.74 Å². The van der Waals surface area contributed by atoms with E-state index in [1.54, 1.807) is 7.11 Å². The summed E-state index contributed by atoms with van der Waals surface area (Å²) in [4.78, 5) is 15.2. The number of nitrogens with zero attached hydrogens (tertiary/aromatic N) is 1. The molecular formula is C21H24N2O2. The molecule has 2 aromatic rings. The number of hydrogen-bond donors (Lipinski definition) is 1. The van der Waals surface area contributed by atoms with Gasteiger partial charge in [0.05, 0.1) is 7.11 Å². The largest absolute Gasteiger partial charge is 0.497 e. The molecule has 3 fully saturated rings. The van der Waals surface area contributed by atoms with E-state index in [1.807, 2.05) is 48.5 Å². The molecule has 1 amide bonds. The van der Waals surface area contributed by atoms with Gasteiger partial charge >= 0.3 is 0 Å². The number of nitrogens with one attached hydrogen (secondary N) is 1. The van der Waals surface area contributed by atoms with Crippen molar-refractivity contribution in [1.29, 1.82) is 0 Å². The molecule has 5 rings (SSSR count). The minimum absolute atomic E-state index is 0.0310. The lowest BCUT2D eigenvalue weighted by Gasteiger charge is -2.44. The van der Waals surface area contributed by atoms with E-state index in [1.165, 1.54) is 25.9 Å². The van der Waals surface area contributed by atoms with E-state index in [-0.39, 0.29) is 11.9 Å². The average Bonchev–Trinajstić information content (AvgIpc) is 2.69. The van der Waals surface area contributed by atoms with E-state index in [0.717, 1.165) is 29.0 Å². The van der Waals surface area contributed by atoms with Crippen LogP contribution < -0.4 is 10.1 Å². The van der Waals surface area contributed by atoms with Crippen molar-refractivity contribution in [2.45, 2.75) is 18.9 Å². The van der Waals surface area contributed by atoms with Crippen LogP contribution in [0.2, 0.25) is 0 Å². The molecule has 3 saturated heterocycles. The molecule has 2 bridgehead atoms. The Morgan fingerprint density at radius 2 is 1.80 bits per heavy atom. The lowest BCUT2D eigenvalue weighted by atomic mass is 9.84. The third kappa shape index (κ3) is 3.40. The van der Waals surface area contributed by atoms with E-state index in [0.29, 0.717) is 5.92 Å². The highest BCUT2D eigenvalue weighted by Gasteiger charge is 2.34. The third-order valence-electron chi connectivity index (χ3n) is 5.50. The van der Waals surface area contributed by atoms with Crippen molar-refractivity contribution in [2.24, 2.45) is 5.92 Å². The molecule has 0 aliphatic carbocycles. The average molecular weight is 336 g/mol. The monoisotopic (exact) mass is 336 g/mol. The highest BCUT2D eigenvalue weighted by molar-refractivity contribution is 5.95. The number of benzene rings is 2. The second-order valence-electron chi connectivity index (χ2n) is 7.03. The minimum Gasteiger partial charge on any atom is -0.497 e. The van der Waals surface area contributed by atoms with Gasteiger partial charge in [0.2, 0.25) is 0 Å². The Hall–Kier alpha value is -2.33. The summed E-state index contributed by atoms with van der Waals surface area (Å²) < 4.78 is 5.30. The van der Waals surface area contributed by atoms with E-state index < -0.39 is 0 Å². The number of ether oxygens (including phenoxy) is 1. The SMILES string of the molecule is COc1cccc(-c2cccc(C(=O)N[C@H]3CN4CCC3CC4)c2)c1. The number of carbonyl (C=O) groups excluding carboxylic acids is 1. The van der Waals surface area contributed by atoms with Gasteiger partial charge in [0.1, 0.15) is 5.75 Å². The molecule has 3 aliphatic rings. The molecule has 3 aliphatic heterocycles. The normalized spacial score (nSPS) is 24.8. The van der Waals surface area contributed by atoms with Crippen molar-refractivity contribution in [1.82, 2.24) is 10.2 Å². The first-order chi connectivity index (χ1) is 12.2. The maximum absolute atomic E-state index is 12.7. The van der Waals surface area contributed by atoms with Crippen LogP contribution in [0.1, 0.15) is 23.2 Å². The van der Waals surface area contributed by atoms with Gasteiger partial charge in [-0.3, -0.25) is 4.79 Å². The second-order valence-corrected chi connectivity index (χ2v) is 7.03. The van der Waals surface area contributed by atoms with Gasteiger partial charge in [-0.15, -0.1) is 0 Å². The molecule has 4 heteroatoms. The van der Waals surface area contributed by atoms with Crippen LogP contribution in [-0.2, 0) is 0 Å².